The molecule has 0 amide bonds. The molecule has 1 saturated heterocycles. The van der Waals surface area contributed by atoms with E-state index in [4.69, 9.17) is 15.2 Å². The Morgan fingerprint density at radius 3 is 2.64 bits per heavy atom. The van der Waals surface area contributed by atoms with Gasteiger partial charge in [-0.1, -0.05) is 30.3 Å². The van der Waals surface area contributed by atoms with Gasteiger partial charge in [0.1, 0.15) is 5.60 Å². The number of nitrogens with zero attached hydrogens (tertiary/aromatic N) is 1. The number of carbonyl (C=O) groups excluding carboxylic acids is 1. The van der Waals surface area contributed by atoms with E-state index in [1.54, 1.807) is 0 Å². The third kappa shape index (κ3) is 4.29. The van der Waals surface area contributed by atoms with Crippen LogP contribution in [0.1, 0.15) is 26.3 Å². The molecule has 22 heavy (non-hydrogen) atoms. The van der Waals surface area contributed by atoms with E-state index in [1.807, 2.05) is 39.0 Å². The van der Waals surface area contributed by atoms with Crippen LogP contribution in [0.15, 0.2) is 30.3 Å². The van der Waals surface area contributed by atoms with Crippen LogP contribution in [0.25, 0.3) is 0 Å². The molecule has 0 radical (unpaired) electrons. The van der Waals surface area contributed by atoms with E-state index in [0.717, 1.165) is 13.1 Å². The molecule has 1 aliphatic heterocycles. The first-order chi connectivity index (χ1) is 10.3. The molecule has 1 atom stereocenters. The van der Waals surface area contributed by atoms with Crippen LogP contribution in [-0.4, -0.2) is 48.3 Å². The molecule has 5 heteroatoms. The summed E-state index contributed by atoms with van der Waals surface area (Å²) < 4.78 is 11.2. The fourth-order valence-corrected chi connectivity index (χ4v) is 2.53. The minimum atomic E-state index is -1.07. The van der Waals surface area contributed by atoms with Gasteiger partial charge in [0.05, 0.1) is 6.61 Å². The van der Waals surface area contributed by atoms with Gasteiger partial charge in [-0.3, -0.25) is 4.90 Å². The lowest BCUT2D eigenvalue weighted by molar-refractivity contribution is -0.193. The highest BCUT2D eigenvalue weighted by Gasteiger charge is 2.45. The minimum Gasteiger partial charge on any atom is -0.458 e. The number of benzene rings is 1. The first kappa shape index (κ1) is 16.9. The average molecular weight is 306 g/mol. The lowest BCUT2D eigenvalue weighted by Crippen LogP contribution is -2.61. The van der Waals surface area contributed by atoms with E-state index in [-0.39, 0.29) is 12.5 Å². The van der Waals surface area contributed by atoms with Crippen LogP contribution in [-0.2, 0) is 20.8 Å². The highest BCUT2D eigenvalue weighted by molar-refractivity contribution is 5.81. The van der Waals surface area contributed by atoms with Gasteiger partial charge < -0.3 is 15.2 Å². The van der Waals surface area contributed by atoms with Gasteiger partial charge in [-0.2, -0.15) is 0 Å². The van der Waals surface area contributed by atoms with Gasteiger partial charge in [-0.05, 0) is 26.3 Å². The maximum absolute atomic E-state index is 12.5. The Balaban J connectivity index is 2.07. The fraction of sp³-hybridized carbons (Fsp3) is 0.588. The zero-order chi connectivity index (χ0) is 16.2. The van der Waals surface area contributed by atoms with Crippen molar-refractivity contribution in [3.05, 3.63) is 35.9 Å². The fourth-order valence-electron chi connectivity index (χ4n) is 2.53. The van der Waals surface area contributed by atoms with Crippen molar-refractivity contribution in [3.8, 4) is 0 Å². The van der Waals surface area contributed by atoms with Crippen LogP contribution in [0.4, 0.5) is 0 Å². The second-order valence-corrected chi connectivity index (χ2v) is 6.75. The van der Waals surface area contributed by atoms with Gasteiger partial charge in [0.15, 0.2) is 5.60 Å². The summed E-state index contributed by atoms with van der Waals surface area (Å²) >= 11 is 0. The molecule has 2 rings (SSSR count). The first-order valence-electron chi connectivity index (χ1n) is 7.68. The molecule has 2 N–H and O–H groups in total. The zero-order valence-electron chi connectivity index (χ0n) is 13.7. The molecule has 1 aliphatic rings. The Kier molecular flexibility index (Phi) is 5.21. The summed E-state index contributed by atoms with van der Waals surface area (Å²) in [5.74, 6) is -0.375. The Morgan fingerprint density at radius 2 is 2.05 bits per heavy atom. The number of ether oxygens (including phenoxy) is 2. The van der Waals surface area contributed by atoms with Crippen LogP contribution in [0, 0.1) is 0 Å². The number of hydrogen-bond acceptors (Lipinski definition) is 5. The van der Waals surface area contributed by atoms with Crippen LogP contribution in [0.2, 0.25) is 0 Å². The van der Waals surface area contributed by atoms with Crippen molar-refractivity contribution in [1.29, 1.82) is 0 Å². The van der Waals surface area contributed by atoms with Crippen LogP contribution in [0.5, 0.6) is 0 Å². The van der Waals surface area contributed by atoms with Gasteiger partial charge in [-0.15, -0.1) is 0 Å². The number of hydrogen-bond donors (Lipinski definition) is 1. The molecule has 1 aromatic carbocycles. The number of esters is 1. The standard InChI is InChI=1S/C17H26N2O3/c1-16(2,3)22-15(20)17(12-18)13-19(9-10-21-17)11-14-7-5-4-6-8-14/h4-8H,9-13,18H2,1-3H3. The normalized spacial score (nSPS) is 23.3. The molecule has 122 valence electrons. The number of nitrogens with two attached hydrogens (primary N) is 1. The Morgan fingerprint density at radius 1 is 1.36 bits per heavy atom. The largest absolute Gasteiger partial charge is 0.458 e. The summed E-state index contributed by atoms with van der Waals surface area (Å²) in [4.78, 5) is 14.7. The van der Waals surface area contributed by atoms with Gasteiger partial charge >= 0.3 is 5.97 Å². The highest BCUT2D eigenvalue weighted by Crippen LogP contribution is 2.23. The van der Waals surface area contributed by atoms with E-state index in [0.29, 0.717) is 13.2 Å². The minimum absolute atomic E-state index is 0.118. The van der Waals surface area contributed by atoms with Crippen molar-refractivity contribution >= 4 is 5.97 Å². The first-order valence-corrected chi connectivity index (χ1v) is 7.68. The van der Waals surface area contributed by atoms with Crippen molar-refractivity contribution in [3.63, 3.8) is 0 Å². The monoisotopic (exact) mass is 306 g/mol. The third-order valence-electron chi connectivity index (χ3n) is 3.61. The quantitative estimate of drug-likeness (QED) is 0.855. The maximum atomic E-state index is 12.5. The molecule has 0 aliphatic carbocycles. The van der Waals surface area contributed by atoms with Crippen LogP contribution >= 0.6 is 0 Å². The smallest absolute Gasteiger partial charge is 0.341 e. The summed E-state index contributed by atoms with van der Waals surface area (Å²) in [6, 6.07) is 10.2. The van der Waals surface area contributed by atoms with E-state index < -0.39 is 11.2 Å². The number of morpholine rings is 1. The van der Waals surface area contributed by atoms with Gasteiger partial charge in [0, 0.05) is 26.2 Å². The zero-order valence-corrected chi connectivity index (χ0v) is 13.7. The molecular formula is C17H26N2O3. The lowest BCUT2D eigenvalue weighted by Gasteiger charge is -2.41. The van der Waals surface area contributed by atoms with Gasteiger partial charge in [-0.25, -0.2) is 4.79 Å². The maximum Gasteiger partial charge on any atom is 0.341 e. The van der Waals surface area contributed by atoms with Crippen molar-refractivity contribution in [2.75, 3.05) is 26.2 Å². The SMILES string of the molecule is CC(C)(C)OC(=O)C1(CN)CN(Cc2ccccc2)CCO1. The Bertz CT molecular complexity index is 498. The number of carbonyl (C=O) groups is 1. The van der Waals surface area contributed by atoms with Gasteiger partial charge in [0.2, 0.25) is 0 Å². The Hall–Kier alpha value is -1.43. The highest BCUT2D eigenvalue weighted by atomic mass is 16.6. The summed E-state index contributed by atoms with van der Waals surface area (Å²) in [6.07, 6.45) is 0. The van der Waals surface area contributed by atoms with E-state index in [2.05, 4.69) is 17.0 Å². The second-order valence-electron chi connectivity index (χ2n) is 6.75. The van der Waals surface area contributed by atoms with Crippen molar-refractivity contribution in [2.45, 2.75) is 38.5 Å². The van der Waals surface area contributed by atoms with Crippen molar-refractivity contribution in [1.82, 2.24) is 4.90 Å². The van der Waals surface area contributed by atoms with E-state index >= 15 is 0 Å². The van der Waals surface area contributed by atoms with Crippen molar-refractivity contribution < 1.29 is 14.3 Å². The molecule has 0 aromatic heterocycles. The molecule has 1 heterocycles. The summed E-state index contributed by atoms with van der Waals surface area (Å²) in [6.45, 7) is 8.14. The second kappa shape index (κ2) is 6.77. The topological polar surface area (TPSA) is 64.8 Å². The molecule has 0 saturated carbocycles. The molecule has 0 bridgehead atoms. The molecule has 5 nitrogen and oxygen atoms in total. The van der Waals surface area contributed by atoms with E-state index in [1.165, 1.54) is 5.56 Å². The van der Waals surface area contributed by atoms with Crippen LogP contribution < -0.4 is 5.73 Å². The van der Waals surface area contributed by atoms with E-state index in [9.17, 15) is 4.79 Å². The number of rotatable bonds is 4. The van der Waals surface area contributed by atoms with Gasteiger partial charge in [0.25, 0.3) is 0 Å². The predicted octanol–water partition coefficient (Wildman–Crippen LogP) is 1.56. The lowest BCUT2D eigenvalue weighted by atomic mass is 10.0. The third-order valence-corrected chi connectivity index (χ3v) is 3.61. The molecule has 0 spiro atoms. The average Bonchev–Trinajstić information content (AvgIpc) is 2.46. The molecular weight excluding hydrogens is 280 g/mol. The molecule has 1 aromatic rings. The summed E-state index contributed by atoms with van der Waals surface area (Å²) in [5.41, 5.74) is 5.45. The predicted molar refractivity (Wildman–Crippen MR) is 85.3 cm³/mol. The summed E-state index contributed by atoms with van der Waals surface area (Å²) in [5, 5.41) is 0. The molecule has 1 unspecified atom stereocenters. The van der Waals surface area contributed by atoms with Crippen molar-refractivity contribution in [2.24, 2.45) is 5.73 Å². The Labute approximate surface area is 132 Å². The summed E-state index contributed by atoms with van der Waals surface area (Å²) in [7, 11) is 0. The molecule has 1 fully saturated rings. The van der Waals surface area contributed by atoms with Crippen LogP contribution in [0.3, 0.4) is 0 Å².